The highest BCUT2D eigenvalue weighted by atomic mass is 16.2. The first-order chi connectivity index (χ1) is 11.5. The lowest BCUT2D eigenvalue weighted by atomic mass is 9.94. The third-order valence-corrected chi connectivity index (χ3v) is 4.55. The molecule has 0 bridgehead atoms. The first-order valence-corrected chi connectivity index (χ1v) is 8.61. The number of carbonyl (C=O) groups is 1. The third-order valence-electron chi connectivity index (χ3n) is 4.55. The topological polar surface area (TPSA) is 52.2 Å². The van der Waals surface area contributed by atoms with Crippen molar-refractivity contribution in [1.29, 1.82) is 0 Å². The Morgan fingerprint density at radius 2 is 2.04 bits per heavy atom. The molecule has 2 heterocycles. The number of benzene rings is 1. The summed E-state index contributed by atoms with van der Waals surface area (Å²) in [7, 11) is 4.14. The van der Waals surface area contributed by atoms with Crippen LogP contribution in [0, 0.1) is 6.92 Å². The fourth-order valence-electron chi connectivity index (χ4n) is 3.41. The number of nitrogens with zero attached hydrogens (tertiary/aromatic N) is 3. The number of hydrogen-bond acceptors (Lipinski definition) is 3. The van der Waals surface area contributed by atoms with E-state index in [9.17, 15) is 4.79 Å². The smallest absolute Gasteiger partial charge is 0.274 e. The summed E-state index contributed by atoms with van der Waals surface area (Å²) < 4.78 is 0. The quantitative estimate of drug-likeness (QED) is 0.939. The first-order valence-electron chi connectivity index (χ1n) is 8.61. The van der Waals surface area contributed by atoms with E-state index >= 15 is 0 Å². The van der Waals surface area contributed by atoms with Crippen molar-refractivity contribution in [3.8, 4) is 0 Å². The number of aromatic nitrogens is 2. The molecule has 1 saturated heterocycles. The Morgan fingerprint density at radius 1 is 1.29 bits per heavy atom. The molecule has 1 fully saturated rings. The molecular weight excluding hydrogens is 300 g/mol. The van der Waals surface area contributed by atoms with Gasteiger partial charge >= 0.3 is 0 Å². The van der Waals surface area contributed by atoms with Crippen molar-refractivity contribution in [2.24, 2.45) is 0 Å². The lowest BCUT2D eigenvalue weighted by Crippen LogP contribution is -2.38. The van der Waals surface area contributed by atoms with Crippen LogP contribution in [-0.2, 0) is 6.54 Å². The van der Waals surface area contributed by atoms with Crippen molar-refractivity contribution in [3.63, 3.8) is 0 Å². The van der Waals surface area contributed by atoms with Gasteiger partial charge in [-0.3, -0.25) is 9.89 Å². The van der Waals surface area contributed by atoms with E-state index in [0.717, 1.165) is 38.0 Å². The van der Waals surface area contributed by atoms with Crippen LogP contribution >= 0.6 is 0 Å². The predicted octanol–water partition coefficient (Wildman–Crippen LogP) is 3.15. The molecule has 1 atom stereocenters. The number of aryl methyl sites for hydroxylation is 1. The highest BCUT2D eigenvalue weighted by Gasteiger charge is 2.29. The molecular formula is C19H26N4O. The molecule has 1 amide bonds. The van der Waals surface area contributed by atoms with Crippen LogP contribution in [0.2, 0.25) is 0 Å². The van der Waals surface area contributed by atoms with Crippen molar-refractivity contribution in [2.45, 2.75) is 38.8 Å². The Labute approximate surface area is 143 Å². The molecule has 1 aliphatic rings. The van der Waals surface area contributed by atoms with Crippen molar-refractivity contribution < 1.29 is 4.79 Å². The summed E-state index contributed by atoms with van der Waals surface area (Å²) in [5, 5.41) is 7.01. The van der Waals surface area contributed by atoms with Crippen LogP contribution in [0.5, 0.6) is 0 Å². The van der Waals surface area contributed by atoms with Gasteiger partial charge in [0.15, 0.2) is 0 Å². The van der Waals surface area contributed by atoms with E-state index in [0.29, 0.717) is 5.69 Å². The van der Waals surface area contributed by atoms with Crippen molar-refractivity contribution >= 4 is 5.91 Å². The van der Waals surface area contributed by atoms with Crippen LogP contribution in [0.25, 0.3) is 0 Å². The molecule has 0 radical (unpaired) electrons. The molecule has 5 nitrogen and oxygen atoms in total. The molecule has 5 heteroatoms. The maximum absolute atomic E-state index is 12.8. The van der Waals surface area contributed by atoms with Gasteiger partial charge in [-0.1, -0.05) is 24.3 Å². The number of nitrogens with one attached hydrogen (secondary N) is 1. The second-order valence-corrected chi connectivity index (χ2v) is 6.93. The monoisotopic (exact) mass is 326 g/mol. The van der Waals surface area contributed by atoms with Gasteiger partial charge in [0.2, 0.25) is 0 Å². The maximum atomic E-state index is 12.8. The van der Waals surface area contributed by atoms with Crippen molar-refractivity contribution in [1.82, 2.24) is 20.0 Å². The van der Waals surface area contributed by atoms with Gasteiger partial charge < -0.3 is 9.80 Å². The largest absolute Gasteiger partial charge is 0.330 e. The fourth-order valence-corrected chi connectivity index (χ4v) is 3.41. The Kier molecular flexibility index (Phi) is 5.00. The molecule has 0 saturated carbocycles. The van der Waals surface area contributed by atoms with Gasteiger partial charge in [-0.05, 0) is 57.5 Å². The number of carbonyl (C=O) groups excluding carboxylic acids is 1. The van der Waals surface area contributed by atoms with Gasteiger partial charge in [-0.25, -0.2) is 0 Å². The number of H-pyrrole nitrogens is 1. The number of amides is 1. The second kappa shape index (κ2) is 7.18. The van der Waals surface area contributed by atoms with E-state index in [1.807, 2.05) is 17.9 Å². The first kappa shape index (κ1) is 16.7. The highest BCUT2D eigenvalue weighted by molar-refractivity contribution is 5.92. The highest BCUT2D eigenvalue weighted by Crippen LogP contribution is 2.32. The van der Waals surface area contributed by atoms with E-state index in [2.05, 4.69) is 53.5 Å². The summed E-state index contributed by atoms with van der Waals surface area (Å²) in [6.07, 6.45) is 3.24. The second-order valence-electron chi connectivity index (χ2n) is 6.93. The van der Waals surface area contributed by atoms with Gasteiger partial charge in [0, 0.05) is 18.8 Å². The third kappa shape index (κ3) is 3.67. The minimum Gasteiger partial charge on any atom is -0.330 e. The van der Waals surface area contributed by atoms with Gasteiger partial charge in [0.05, 0.1) is 6.04 Å². The summed E-state index contributed by atoms with van der Waals surface area (Å²) in [6, 6.07) is 10.7. The Morgan fingerprint density at radius 3 is 2.67 bits per heavy atom. The zero-order chi connectivity index (χ0) is 17.1. The molecule has 1 N–H and O–H groups in total. The summed E-state index contributed by atoms with van der Waals surface area (Å²) >= 11 is 0. The Bertz CT molecular complexity index is 690. The number of aromatic amines is 1. The molecule has 2 aromatic rings. The fraction of sp³-hybridized carbons (Fsp3) is 0.474. The zero-order valence-corrected chi connectivity index (χ0v) is 14.7. The van der Waals surface area contributed by atoms with Gasteiger partial charge in [-0.15, -0.1) is 0 Å². The van der Waals surface area contributed by atoms with E-state index in [1.54, 1.807) is 0 Å². The van der Waals surface area contributed by atoms with Crippen LogP contribution < -0.4 is 0 Å². The van der Waals surface area contributed by atoms with Crippen LogP contribution in [0.15, 0.2) is 30.3 Å². The molecule has 0 aliphatic carbocycles. The molecule has 128 valence electrons. The molecule has 0 unspecified atom stereocenters. The van der Waals surface area contributed by atoms with Crippen molar-refractivity contribution in [3.05, 3.63) is 52.8 Å². The molecule has 3 rings (SSSR count). The average Bonchev–Trinajstić information content (AvgIpc) is 3.01. The molecule has 1 aromatic carbocycles. The van der Waals surface area contributed by atoms with Crippen LogP contribution in [0.3, 0.4) is 0 Å². The number of rotatable bonds is 4. The summed E-state index contributed by atoms with van der Waals surface area (Å²) in [5.41, 5.74) is 3.95. The lowest BCUT2D eigenvalue weighted by molar-refractivity contribution is 0.0605. The van der Waals surface area contributed by atoms with E-state index < -0.39 is 0 Å². The molecule has 1 aliphatic heterocycles. The normalized spacial score (nSPS) is 18.2. The zero-order valence-electron chi connectivity index (χ0n) is 14.7. The van der Waals surface area contributed by atoms with E-state index in [-0.39, 0.29) is 11.9 Å². The van der Waals surface area contributed by atoms with Crippen LogP contribution in [0.4, 0.5) is 0 Å². The number of piperidine rings is 1. The van der Waals surface area contributed by atoms with Crippen LogP contribution in [0.1, 0.15) is 52.6 Å². The Hall–Kier alpha value is -2.14. The van der Waals surface area contributed by atoms with Gasteiger partial charge in [0.1, 0.15) is 5.69 Å². The number of hydrogen-bond donors (Lipinski definition) is 1. The van der Waals surface area contributed by atoms with Gasteiger partial charge in [-0.2, -0.15) is 5.10 Å². The Balaban J connectivity index is 1.80. The van der Waals surface area contributed by atoms with Crippen molar-refractivity contribution in [2.75, 3.05) is 20.6 Å². The molecule has 24 heavy (non-hydrogen) atoms. The minimum absolute atomic E-state index is 0.0291. The summed E-state index contributed by atoms with van der Waals surface area (Å²) in [5.74, 6) is 0.0291. The van der Waals surface area contributed by atoms with E-state index in [1.165, 1.54) is 11.1 Å². The summed E-state index contributed by atoms with van der Waals surface area (Å²) in [4.78, 5) is 17.0. The number of likely N-dealkylation sites (tertiary alicyclic amines) is 1. The minimum atomic E-state index is 0.0291. The van der Waals surface area contributed by atoms with Crippen LogP contribution in [-0.4, -0.2) is 46.5 Å². The average molecular weight is 326 g/mol. The summed E-state index contributed by atoms with van der Waals surface area (Å²) in [6.45, 7) is 3.65. The SMILES string of the molecule is Cc1cc(C(=O)N2CCCC[C@H]2c2ccc(CN(C)C)cc2)n[nH]1. The maximum Gasteiger partial charge on any atom is 0.274 e. The lowest BCUT2D eigenvalue weighted by Gasteiger charge is -2.35. The molecule has 0 spiro atoms. The standard InChI is InChI=1S/C19H26N4O/c1-14-12-17(21-20-14)19(24)23-11-5-4-6-18(23)16-9-7-15(8-10-16)13-22(2)3/h7-10,12,18H,4-6,11,13H2,1-3H3,(H,20,21)/t18-/m0/s1. The molecule has 1 aromatic heterocycles. The predicted molar refractivity (Wildman–Crippen MR) is 94.8 cm³/mol. The van der Waals surface area contributed by atoms with E-state index in [4.69, 9.17) is 0 Å². The van der Waals surface area contributed by atoms with Gasteiger partial charge in [0.25, 0.3) is 5.91 Å².